The van der Waals surface area contributed by atoms with E-state index in [1.165, 1.54) is 36.4 Å². The maximum atomic E-state index is 12.2. The largest absolute Gasteiger partial charge is 0.507 e. The highest BCUT2D eigenvalue weighted by molar-refractivity contribution is 9.10. The SMILES string of the molecule is O=C(Nc1ccccc1OCC(F)(F)F)c1cc(Br)ccc1O. The molecule has 0 aliphatic carbocycles. The molecule has 2 aromatic rings. The highest BCUT2D eigenvalue weighted by Gasteiger charge is 2.29. The van der Waals surface area contributed by atoms with Crippen molar-refractivity contribution in [3.63, 3.8) is 0 Å². The van der Waals surface area contributed by atoms with E-state index in [4.69, 9.17) is 0 Å². The molecule has 0 saturated carbocycles. The number of anilines is 1. The van der Waals surface area contributed by atoms with Crippen LogP contribution in [0.2, 0.25) is 0 Å². The van der Waals surface area contributed by atoms with Gasteiger partial charge >= 0.3 is 6.18 Å². The number of para-hydroxylation sites is 2. The van der Waals surface area contributed by atoms with Gasteiger partial charge in [-0.3, -0.25) is 4.79 Å². The van der Waals surface area contributed by atoms with Gasteiger partial charge < -0.3 is 15.2 Å². The van der Waals surface area contributed by atoms with Crippen molar-refractivity contribution in [3.8, 4) is 11.5 Å². The average Bonchev–Trinajstić information content (AvgIpc) is 2.48. The number of hydrogen-bond donors (Lipinski definition) is 2. The quantitative estimate of drug-likeness (QED) is 0.817. The number of nitrogens with one attached hydrogen (secondary N) is 1. The topological polar surface area (TPSA) is 58.6 Å². The molecule has 0 aliphatic heterocycles. The fraction of sp³-hybridized carbons (Fsp3) is 0.133. The second kappa shape index (κ2) is 6.91. The van der Waals surface area contributed by atoms with Crippen molar-refractivity contribution in [2.24, 2.45) is 0 Å². The lowest BCUT2D eigenvalue weighted by molar-refractivity contribution is -0.153. The third kappa shape index (κ3) is 4.88. The molecule has 0 fully saturated rings. The standard InChI is InChI=1S/C15H11BrF3NO3/c16-9-5-6-12(21)10(7-9)14(22)20-11-3-1-2-4-13(11)23-8-15(17,18)19/h1-7,21H,8H2,(H,20,22). The van der Waals surface area contributed by atoms with Gasteiger partial charge in [0, 0.05) is 4.47 Å². The average molecular weight is 390 g/mol. The van der Waals surface area contributed by atoms with E-state index in [1.54, 1.807) is 6.07 Å². The van der Waals surface area contributed by atoms with Crippen LogP contribution >= 0.6 is 15.9 Å². The molecule has 0 aromatic heterocycles. The Morgan fingerprint density at radius 2 is 1.91 bits per heavy atom. The van der Waals surface area contributed by atoms with E-state index in [1.807, 2.05) is 0 Å². The second-order valence-corrected chi connectivity index (χ2v) is 5.43. The number of hydrogen-bond acceptors (Lipinski definition) is 3. The molecule has 122 valence electrons. The number of amides is 1. The molecule has 1 amide bonds. The first-order chi connectivity index (χ1) is 10.8. The summed E-state index contributed by atoms with van der Waals surface area (Å²) < 4.78 is 42.0. The summed E-state index contributed by atoms with van der Waals surface area (Å²) in [6.45, 7) is -1.47. The molecule has 0 heterocycles. The molecule has 2 N–H and O–H groups in total. The summed E-state index contributed by atoms with van der Waals surface area (Å²) in [7, 11) is 0. The van der Waals surface area contributed by atoms with Crippen molar-refractivity contribution in [2.45, 2.75) is 6.18 Å². The predicted molar refractivity (Wildman–Crippen MR) is 81.8 cm³/mol. The lowest BCUT2D eigenvalue weighted by Gasteiger charge is -2.14. The molecule has 0 aliphatic rings. The molecule has 23 heavy (non-hydrogen) atoms. The van der Waals surface area contributed by atoms with Crippen LogP contribution in [-0.4, -0.2) is 23.8 Å². The van der Waals surface area contributed by atoms with Gasteiger partial charge in [-0.1, -0.05) is 28.1 Å². The normalized spacial score (nSPS) is 11.1. The van der Waals surface area contributed by atoms with E-state index in [-0.39, 0.29) is 22.7 Å². The number of phenolic OH excluding ortho intramolecular Hbond substituents is 1. The summed E-state index contributed by atoms with van der Waals surface area (Å²) in [6.07, 6.45) is -4.49. The first kappa shape index (κ1) is 17.1. The number of rotatable bonds is 4. The van der Waals surface area contributed by atoms with Gasteiger partial charge in [0.25, 0.3) is 5.91 Å². The maximum absolute atomic E-state index is 12.2. The fourth-order valence-electron chi connectivity index (χ4n) is 1.74. The summed E-state index contributed by atoms with van der Waals surface area (Å²) in [4.78, 5) is 12.2. The summed E-state index contributed by atoms with van der Waals surface area (Å²) in [5, 5.41) is 12.1. The van der Waals surface area contributed by atoms with E-state index < -0.39 is 18.7 Å². The number of halogens is 4. The summed E-state index contributed by atoms with van der Waals surface area (Å²) in [6, 6.07) is 10.00. The van der Waals surface area contributed by atoms with Gasteiger partial charge in [0.15, 0.2) is 6.61 Å². The van der Waals surface area contributed by atoms with Crippen molar-refractivity contribution >= 4 is 27.5 Å². The molecule has 0 atom stereocenters. The summed E-state index contributed by atoms with van der Waals surface area (Å²) in [5.74, 6) is -1.04. The number of benzene rings is 2. The smallest absolute Gasteiger partial charge is 0.422 e. The van der Waals surface area contributed by atoms with Crippen LogP contribution in [0.1, 0.15) is 10.4 Å². The second-order valence-electron chi connectivity index (χ2n) is 4.52. The highest BCUT2D eigenvalue weighted by atomic mass is 79.9. The maximum Gasteiger partial charge on any atom is 0.422 e. The van der Waals surface area contributed by atoms with Gasteiger partial charge in [0.05, 0.1) is 11.3 Å². The van der Waals surface area contributed by atoms with Crippen LogP contribution in [-0.2, 0) is 0 Å². The third-order valence-corrected chi connectivity index (χ3v) is 3.22. The minimum Gasteiger partial charge on any atom is -0.507 e. The molecule has 2 aromatic carbocycles. The lowest BCUT2D eigenvalue weighted by Crippen LogP contribution is -2.20. The molecular weight excluding hydrogens is 379 g/mol. The van der Waals surface area contributed by atoms with Gasteiger partial charge in [-0.2, -0.15) is 13.2 Å². The van der Waals surface area contributed by atoms with Crippen molar-refractivity contribution in [2.75, 3.05) is 11.9 Å². The minimum absolute atomic E-state index is 0.0231. The Morgan fingerprint density at radius 1 is 1.22 bits per heavy atom. The molecule has 0 unspecified atom stereocenters. The Kier molecular flexibility index (Phi) is 5.15. The molecular formula is C15H11BrF3NO3. The van der Waals surface area contributed by atoms with Crippen molar-refractivity contribution in [1.29, 1.82) is 0 Å². The van der Waals surface area contributed by atoms with E-state index in [2.05, 4.69) is 26.0 Å². The number of carbonyl (C=O) groups excluding carboxylic acids is 1. The lowest BCUT2D eigenvalue weighted by atomic mass is 10.2. The zero-order valence-corrected chi connectivity index (χ0v) is 13.1. The minimum atomic E-state index is -4.49. The summed E-state index contributed by atoms with van der Waals surface area (Å²) >= 11 is 3.17. The van der Waals surface area contributed by atoms with Crippen molar-refractivity contribution in [3.05, 3.63) is 52.5 Å². The highest BCUT2D eigenvalue weighted by Crippen LogP contribution is 2.28. The van der Waals surface area contributed by atoms with Crippen LogP contribution in [0.15, 0.2) is 46.9 Å². The van der Waals surface area contributed by atoms with E-state index >= 15 is 0 Å². The van der Waals surface area contributed by atoms with Gasteiger partial charge in [-0.25, -0.2) is 0 Å². The van der Waals surface area contributed by atoms with Gasteiger partial charge in [0.2, 0.25) is 0 Å². The fourth-order valence-corrected chi connectivity index (χ4v) is 2.10. The number of alkyl halides is 3. The Hall–Kier alpha value is -2.22. The first-order valence-electron chi connectivity index (χ1n) is 6.35. The zero-order valence-electron chi connectivity index (χ0n) is 11.5. The molecule has 4 nitrogen and oxygen atoms in total. The third-order valence-electron chi connectivity index (χ3n) is 2.73. The number of aromatic hydroxyl groups is 1. The van der Waals surface area contributed by atoms with Crippen LogP contribution in [0.3, 0.4) is 0 Å². The Bertz CT molecular complexity index is 719. The van der Waals surface area contributed by atoms with Crippen LogP contribution < -0.4 is 10.1 Å². The molecule has 0 bridgehead atoms. The van der Waals surface area contributed by atoms with Crippen LogP contribution in [0, 0.1) is 0 Å². The van der Waals surface area contributed by atoms with E-state index in [0.717, 1.165) is 0 Å². The molecule has 8 heteroatoms. The van der Waals surface area contributed by atoms with Gasteiger partial charge in [-0.05, 0) is 30.3 Å². The monoisotopic (exact) mass is 389 g/mol. The molecule has 0 saturated heterocycles. The summed E-state index contributed by atoms with van der Waals surface area (Å²) in [5.41, 5.74) is 0.0473. The van der Waals surface area contributed by atoms with Gasteiger partial charge in [-0.15, -0.1) is 0 Å². The van der Waals surface area contributed by atoms with E-state index in [9.17, 15) is 23.1 Å². The number of carbonyl (C=O) groups is 1. The Balaban J connectivity index is 2.19. The molecule has 0 spiro atoms. The van der Waals surface area contributed by atoms with Gasteiger partial charge in [0.1, 0.15) is 11.5 Å². The van der Waals surface area contributed by atoms with E-state index in [0.29, 0.717) is 4.47 Å². The zero-order chi connectivity index (χ0) is 17.0. The van der Waals surface area contributed by atoms with Crippen LogP contribution in [0.4, 0.5) is 18.9 Å². The Labute approximate surface area is 138 Å². The Morgan fingerprint density at radius 3 is 2.61 bits per heavy atom. The van der Waals surface area contributed by atoms with Crippen LogP contribution in [0.25, 0.3) is 0 Å². The van der Waals surface area contributed by atoms with Crippen molar-refractivity contribution in [1.82, 2.24) is 0 Å². The first-order valence-corrected chi connectivity index (χ1v) is 7.14. The molecule has 0 radical (unpaired) electrons. The predicted octanol–water partition coefficient (Wildman–Crippen LogP) is 4.35. The van der Waals surface area contributed by atoms with Crippen molar-refractivity contribution < 1.29 is 27.8 Å². The number of ether oxygens (including phenoxy) is 1. The molecule has 2 rings (SSSR count). The van der Waals surface area contributed by atoms with Crippen LogP contribution in [0.5, 0.6) is 11.5 Å². The number of phenols is 1.